The van der Waals surface area contributed by atoms with E-state index in [1.807, 2.05) is 0 Å². The number of aliphatic carboxylic acids is 2. The Kier molecular flexibility index (Phi) is 38.5. The fraction of sp³-hybridized carbons (Fsp3) is 0.953. The summed E-state index contributed by atoms with van der Waals surface area (Å²) in [6.45, 7) is 2.48. The average Bonchev–Trinajstić information content (AvgIpc) is 3.04. The maximum Gasteiger partial charge on any atom is 0.303 e. The summed E-state index contributed by atoms with van der Waals surface area (Å²) in [5, 5.41) is 17.3. The zero-order valence-electron chi connectivity index (χ0n) is 31.9. The Morgan fingerprint density at radius 2 is 0.447 bits per heavy atom. The van der Waals surface area contributed by atoms with Gasteiger partial charge in [-0.2, -0.15) is 0 Å². The summed E-state index contributed by atoms with van der Waals surface area (Å²) in [6, 6.07) is 0. The Morgan fingerprint density at radius 1 is 0.298 bits per heavy atom. The van der Waals surface area contributed by atoms with Crippen LogP contribution < -0.4 is 0 Å². The number of carboxylic acids is 2. The van der Waals surface area contributed by atoms with E-state index in [2.05, 4.69) is 6.92 Å². The van der Waals surface area contributed by atoms with Gasteiger partial charge in [0.05, 0.1) is 0 Å². The van der Waals surface area contributed by atoms with E-state index in [1.165, 1.54) is 212 Å². The van der Waals surface area contributed by atoms with Crippen LogP contribution in [0.25, 0.3) is 0 Å². The lowest BCUT2D eigenvalue weighted by Crippen LogP contribution is -1.95. The van der Waals surface area contributed by atoms with E-state index in [4.69, 9.17) is 10.2 Å². The molecular weight excluding hydrogens is 580 g/mol. The summed E-state index contributed by atoms with van der Waals surface area (Å²) in [6.07, 6.45) is 50.8. The lowest BCUT2D eigenvalue weighted by Gasteiger charge is -2.11. The smallest absolute Gasteiger partial charge is 0.303 e. The van der Waals surface area contributed by atoms with Crippen LogP contribution in [0.3, 0.4) is 0 Å². The van der Waals surface area contributed by atoms with Gasteiger partial charge in [0.1, 0.15) is 0 Å². The predicted molar refractivity (Wildman–Crippen MR) is 204 cm³/mol. The Balaban J connectivity index is 3.15. The summed E-state index contributed by atoms with van der Waals surface area (Å²) >= 11 is 0. The molecular formula is C43H84O4. The van der Waals surface area contributed by atoms with Gasteiger partial charge in [-0.1, -0.05) is 232 Å². The SMILES string of the molecule is CC(CCCCCCCCCCCCCCCCCCCCCC(=O)O)CCCCCCCCCCCCCCCCCCC(=O)O. The molecule has 0 amide bonds. The van der Waals surface area contributed by atoms with E-state index in [0.29, 0.717) is 12.8 Å². The number of hydrogen-bond acceptors (Lipinski definition) is 2. The number of rotatable bonds is 41. The monoisotopic (exact) mass is 665 g/mol. The van der Waals surface area contributed by atoms with Gasteiger partial charge in [0, 0.05) is 12.8 Å². The molecule has 0 saturated carbocycles. The van der Waals surface area contributed by atoms with E-state index in [0.717, 1.165) is 31.6 Å². The van der Waals surface area contributed by atoms with Crippen molar-refractivity contribution in [1.82, 2.24) is 0 Å². The van der Waals surface area contributed by atoms with Crippen molar-refractivity contribution in [1.29, 1.82) is 0 Å². The predicted octanol–water partition coefficient (Wildman–Crippen LogP) is 15.0. The molecule has 0 bridgehead atoms. The van der Waals surface area contributed by atoms with Crippen molar-refractivity contribution in [2.75, 3.05) is 0 Å². The highest BCUT2D eigenvalue weighted by atomic mass is 16.4. The molecule has 0 rings (SSSR count). The highest BCUT2D eigenvalue weighted by Crippen LogP contribution is 2.20. The van der Waals surface area contributed by atoms with Crippen LogP contribution in [-0.2, 0) is 9.59 Å². The minimum atomic E-state index is -0.652. The van der Waals surface area contributed by atoms with E-state index >= 15 is 0 Å². The second-order valence-electron chi connectivity index (χ2n) is 15.3. The van der Waals surface area contributed by atoms with Crippen molar-refractivity contribution < 1.29 is 19.8 Å². The average molecular weight is 665 g/mol. The van der Waals surface area contributed by atoms with Crippen LogP contribution in [0.1, 0.15) is 257 Å². The Labute approximate surface area is 294 Å². The highest BCUT2D eigenvalue weighted by molar-refractivity contribution is 5.66. The first kappa shape index (κ1) is 45.9. The second-order valence-corrected chi connectivity index (χ2v) is 15.3. The minimum absolute atomic E-state index is 0.341. The van der Waals surface area contributed by atoms with Crippen molar-refractivity contribution in [2.24, 2.45) is 5.92 Å². The Bertz CT molecular complexity index is 633. The van der Waals surface area contributed by atoms with E-state index in [9.17, 15) is 9.59 Å². The van der Waals surface area contributed by atoms with Crippen molar-refractivity contribution in [3.63, 3.8) is 0 Å². The molecule has 1 unspecified atom stereocenters. The minimum Gasteiger partial charge on any atom is -0.481 e. The van der Waals surface area contributed by atoms with Gasteiger partial charge >= 0.3 is 11.9 Å². The van der Waals surface area contributed by atoms with Gasteiger partial charge < -0.3 is 10.2 Å². The largest absolute Gasteiger partial charge is 0.481 e. The zero-order valence-corrected chi connectivity index (χ0v) is 31.9. The lowest BCUT2D eigenvalue weighted by atomic mass is 9.95. The summed E-state index contributed by atoms with van der Waals surface area (Å²) in [4.78, 5) is 21.0. The van der Waals surface area contributed by atoms with Crippen LogP contribution >= 0.6 is 0 Å². The lowest BCUT2D eigenvalue weighted by molar-refractivity contribution is -0.138. The fourth-order valence-corrected chi connectivity index (χ4v) is 7.16. The third kappa shape index (κ3) is 42.9. The Morgan fingerprint density at radius 3 is 0.617 bits per heavy atom. The molecule has 0 fully saturated rings. The number of hydrogen-bond donors (Lipinski definition) is 2. The molecule has 0 aliphatic rings. The maximum atomic E-state index is 10.5. The van der Waals surface area contributed by atoms with Gasteiger partial charge in [0.25, 0.3) is 0 Å². The third-order valence-corrected chi connectivity index (χ3v) is 10.4. The molecule has 47 heavy (non-hydrogen) atoms. The van der Waals surface area contributed by atoms with Crippen molar-refractivity contribution in [2.45, 2.75) is 257 Å². The van der Waals surface area contributed by atoms with Crippen molar-refractivity contribution in [3.05, 3.63) is 0 Å². The van der Waals surface area contributed by atoms with Gasteiger partial charge in [0.15, 0.2) is 0 Å². The van der Waals surface area contributed by atoms with E-state index < -0.39 is 11.9 Å². The molecule has 0 heterocycles. The van der Waals surface area contributed by atoms with Crippen molar-refractivity contribution in [3.8, 4) is 0 Å². The molecule has 0 saturated heterocycles. The Hall–Kier alpha value is -1.06. The number of carbonyl (C=O) groups is 2. The van der Waals surface area contributed by atoms with Crippen LogP contribution in [0.2, 0.25) is 0 Å². The summed E-state index contributed by atoms with van der Waals surface area (Å²) in [5.74, 6) is -0.379. The molecule has 0 aromatic rings. The molecule has 0 aliphatic heterocycles. The molecule has 4 nitrogen and oxygen atoms in total. The molecule has 0 aromatic heterocycles. The highest BCUT2D eigenvalue weighted by Gasteiger charge is 2.03. The molecule has 0 radical (unpaired) electrons. The van der Waals surface area contributed by atoms with Gasteiger partial charge in [0.2, 0.25) is 0 Å². The molecule has 2 N–H and O–H groups in total. The topological polar surface area (TPSA) is 74.6 Å². The zero-order chi connectivity index (χ0) is 34.3. The van der Waals surface area contributed by atoms with Gasteiger partial charge in [-0.25, -0.2) is 0 Å². The van der Waals surface area contributed by atoms with Crippen LogP contribution in [0.15, 0.2) is 0 Å². The summed E-state index contributed by atoms with van der Waals surface area (Å²) < 4.78 is 0. The van der Waals surface area contributed by atoms with E-state index in [-0.39, 0.29) is 0 Å². The molecule has 0 aromatic carbocycles. The molecule has 0 aliphatic carbocycles. The first-order chi connectivity index (χ1) is 23.0. The number of carboxylic acid groups (broad SMARTS) is 2. The van der Waals surface area contributed by atoms with E-state index in [1.54, 1.807) is 0 Å². The van der Waals surface area contributed by atoms with Crippen LogP contribution in [0, 0.1) is 5.92 Å². The molecule has 280 valence electrons. The van der Waals surface area contributed by atoms with Gasteiger partial charge in [-0.3, -0.25) is 9.59 Å². The maximum absolute atomic E-state index is 10.5. The number of unbranched alkanes of at least 4 members (excludes halogenated alkanes) is 33. The van der Waals surface area contributed by atoms with Gasteiger partial charge in [-0.05, 0) is 18.8 Å². The van der Waals surface area contributed by atoms with Crippen LogP contribution in [-0.4, -0.2) is 22.2 Å². The first-order valence-corrected chi connectivity index (χ1v) is 21.5. The molecule has 1 atom stereocenters. The second kappa shape index (κ2) is 39.4. The first-order valence-electron chi connectivity index (χ1n) is 21.5. The van der Waals surface area contributed by atoms with Crippen LogP contribution in [0.5, 0.6) is 0 Å². The van der Waals surface area contributed by atoms with Gasteiger partial charge in [-0.15, -0.1) is 0 Å². The third-order valence-electron chi connectivity index (χ3n) is 10.4. The molecule has 4 heteroatoms. The summed E-state index contributed by atoms with van der Waals surface area (Å²) in [5.41, 5.74) is 0. The quantitative estimate of drug-likeness (QED) is 0.0638. The standard InChI is InChI=1S/C43H84O4/c1-41(38-34-30-26-22-18-14-10-7-8-12-16-20-24-28-32-36-40-43(46)47)37-33-29-25-21-17-13-9-5-3-2-4-6-11-15-19-23-27-31-35-39-42(44)45/h41H,2-40H2,1H3,(H,44,45)(H,46,47). The van der Waals surface area contributed by atoms with Crippen LogP contribution in [0.4, 0.5) is 0 Å². The van der Waals surface area contributed by atoms with Crippen molar-refractivity contribution >= 4 is 11.9 Å². The summed E-state index contributed by atoms with van der Waals surface area (Å²) in [7, 11) is 0. The fourth-order valence-electron chi connectivity index (χ4n) is 7.16. The molecule has 0 spiro atoms. The normalized spacial score (nSPS) is 12.1.